The summed E-state index contributed by atoms with van der Waals surface area (Å²) < 4.78 is 13.6. The summed E-state index contributed by atoms with van der Waals surface area (Å²) in [6.07, 6.45) is 1.13. The van der Waals surface area contributed by atoms with Crippen LogP contribution in [-0.4, -0.2) is 21.9 Å². The summed E-state index contributed by atoms with van der Waals surface area (Å²) in [7, 11) is 1.57. The van der Waals surface area contributed by atoms with Crippen molar-refractivity contribution in [1.82, 2.24) is 9.97 Å². The predicted molar refractivity (Wildman–Crippen MR) is 72.2 cm³/mol. The third-order valence-corrected chi connectivity index (χ3v) is 2.94. The predicted octanol–water partition coefficient (Wildman–Crippen LogP) is 2.81. The van der Waals surface area contributed by atoms with Crippen LogP contribution in [0.2, 0.25) is 5.15 Å². The Labute approximate surface area is 119 Å². The van der Waals surface area contributed by atoms with Crippen molar-refractivity contribution in [2.24, 2.45) is 0 Å². The van der Waals surface area contributed by atoms with Crippen molar-refractivity contribution in [1.29, 1.82) is 0 Å². The molecule has 0 fully saturated rings. The zero-order valence-corrected chi connectivity index (χ0v) is 11.2. The summed E-state index contributed by atoms with van der Waals surface area (Å²) in [5.41, 5.74) is 0.00652. The van der Waals surface area contributed by atoms with Gasteiger partial charge in [0.15, 0.2) is 0 Å². The van der Waals surface area contributed by atoms with Crippen LogP contribution < -0.4 is 4.90 Å². The summed E-state index contributed by atoms with van der Waals surface area (Å²) in [4.78, 5) is 19.2. The van der Waals surface area contributed by atoms with Crippen molar-refractivity contribution in [3.8, 4) is 0 Å². The fourth-order valence-electron chi connectivity index (χ4n) is 1.74. The highest BCUT2D eigenvalue weighted by Crippen LogP contribution is 2.31. The van der Waals surface area contributed by atoms with Crippen molar-refractivity contribution < 1.29 is 9.31 Å². The number of aromatic nitrogens is 2. The lowest BCUT2D eigenvalue weighted by molar-refractivity contribution is -0.384. The van der Waals surface area contributed by atoms with Gasteiger partial charge < -0.3 is 4.90 Å². The molecule has 6 nitrogen and oxygen atoms in total. The third-order valence-electron chi connectivity index (χ3n) is 2.67. The topological polar surface area (TPSA) is 72.2 Å². The fourth-order valence-corrected chi connectivity index (χ4v) is 1.94. The molecule has 2 rings (SSSR count). The molecule has 0 unspecified atom stereocenters. The van der Waals surface area contributed by atoms with Crippen LogP contribution in [0, 0.1) is 15.9 Å². The van der Waals surface area contributed by atoms with E-state index in [1.165, 1.54) is 11.0 Å². The van der Waals surface area contributed by atoms with Crippen LogP contribution in [0.1, 0.15) is 5.56 Å². The highest BCUT2D eigenvalue weighted by atomic mass is 35.5. The molecule has 0 aliphatic rings. The van der Waals surface area contributed by atoms with E-state index >= 15 is 0 Å². The van der Waals surface area contributed by atoms with Crippen LogP contribution in [0.5, 0.6) is 0 Å². The largest absolute Gasteiger partial charge is 0.349 e. The van der Waals surface area contributed by atoms with Crippen LogP contribution in [-0.2, 0) is 6.54 Å². The van der Waals surface area contributed by atoms with Crippen LogP contribution in [0.3, 0.4) is 0 Å². The SMILES string of the molecule is CN(Cc1ccccc1F)c1ncnc(Cl)c1[N+](=O)[O-]. The lowest BCUT2D eigenvalue weighted by Gasteiger charge is -2.18. The van der Waals surface area contributed by atoms with Crippen molar-refractivity contribution in [2.45, 2.75) is 6.54 Å². The molecule has 0 aliphatic heterocycles. The molecule has 0 spiro atoms. The van der Waals surface area contributed by atoms with Gasteiger partial charge in [0, 0.05) is 19.2 Å². The Morgan fingerprint density at radius 3 is 2.75 bits per heavy atom. The number of halogens is 2. The standard InChI is InChI=1S/C12H10ClFN4O2/c1-17(6-8-4-2-3-5-9(8)14)12-10(18(19)20)11(13)15-7-16-12/h2-5,7H,6H2,1H3. The van der Waals surface area contributed by atoms with E-state index in [0.29, 0.717) is 5.56 Å². The first kappa shape index (κ1) is 14.1. The van der Waals surface area contributed by atoms with Gasteiger partial charge in [-0.25, -0.2) is 14.4 Å². The van der Waals surface area contributed by atoms with Gasteiger partial charge in [0.05, 0.1) is 4.92 Å². The monoisotopic (exact) mass is 296 g/mol. The average Bonchev–Trinajstić information content (AvgIpc) is 2.40. The Morgan fingerprint density at radius 2 is 2.10 bits per heavy atom. The van der Waals surface area contributed by atoms with E-state index < -0.39 is 10.6 Å². The Bertz CT molecular complexity index is 653. The van der Waals surface area contributed by atoms with Gasteiger partial charge in [-0.2, -0.15) is 0 Å². The first-order valence-electron chi connectivity index (χ1n) is 5.60. The number of nitrogens with zero attached hydrogens (tertiary/aromatic N) is 4. The maximum absolute atomic E-state index is 13.6. The Hall–Kier alpha value is -2.28. The Morgan fingerprint density at radius 1 is 1.40 bits per heavy atom. The Kier molecular flexibility index (Phi) is 4.09. The molecule has 0 N–H and O–H groups in total. The molecule has 0 saturated carbocycles. The summed E-state index contributed by atoms with van der Waals surface area (Å²) >= 11 is 5.71. The quantitative estimate of drug-likeness (QED) is 0.493. The number of benzene rings is 1. The highest BCUT2D eigenvalue weighted by molar-refractivity contribution is 6.31. The summed E-state index contributed by atoms with van der Waals surface area (Å²) in [6.45, 7) is 0.126. The van der Waals surface area contributed by atoms with Gasteiger partial charge in [0.25, 0.3) is 0 Å². The number of rotatable bonds is 4. The fraction of sp³-hybridized carbons (Fsp3) is 0.167. The minimum absolute atomic E-state index is 0.0400. The van der Waals surface area contributed by atoms with Crippen molar-refractivity contribution >= 4 is 23.1 Å². The second-order valence-corrected chi connectivity index (χ2v) is 4.40. The maximum atomic E-state index is 13.6. The second kappa shape index (κ2) is 5.79. The molecule has 1 heterocycles. The van der Waals surface area contributed by atoms with Gasteiger partial charge in [0.1, 0.15) is 12.1 Å². The van der Waals surface area contributed by atoms with E-state index in [9.17, 15) is 14.5 Å². The van der Waals surface area contributed by atoms with Crippen molar-refractivity contribution in [3.63, 3.8) is 0 Å². The molecule has 0 atom stereocenters. The third kappa shape index (κ3) is 2.83. The van der Waals surface area contributed by atoms with Gasteiger partial charge >= 0.3 is 5.69 Å². The van der Waals surface area contributed by atoms with Gasteiger partial charge in [-0.15, -0.1) is 0 Å². The van der Waals surface area contributed by atoms with E-state index in [1.54, 1.807) is 25.2 Å². The molecule has 0 bridgehead atoms. The molecule has 0 amide bonds. The van der Waals surface area contributed by atoms with Gasteiger partial charge in [-0.3, -0.25) is 10.1 Å². The van der Waals surface area contributed by atoms with Gasteiger partial charge in [0.2, 0.25) is 11.0 Å². The van der Waals surface area contributed by atoms with Crippen molar-refractivity contribution in [3.05, 3.63) is 57.2 Å². The first-order chi connectivity index (χ1) is 9.50. The van der Waals surface area contributed by atoms with E-state index in [1.807, 2.05) is 0 Å². The molecule has 8 heteroatoms. The van der Waals surface area contributed by atoms with Crippen LogP contribution in [0.25, 0.3) is 0 Å². The van der Waals surface area contributed by atoms with Gasteiger partial charge in [-0.1, -0.05) is 29.8 Å². The average molecular weight is 297 g/mol. The first-order valence-corrected chi connectivity index (χ1v) is 5.98. The number of nitro groups is 1. The summed E-state index contributed by atoms with van der Waals surface area (Å²) in [5, 5.41) is 10.8. The number of hydrogen-bond donors (Lipinski definition) is 0. The van der Waals surface area contributed by atoms with Crippen LogP contribution >= 0.6 is 11.6 Å². The molecule has 0 saturated heterocycles. The molecule has 1 aromatic heterocycles. The molecular formula is C12H10ClFN4O2. The second-order valence-electron chi connectivity index (χ2n) is 4.04. The molecule has 2 aromatic rings. The Balaban J connectivity index is 2.35. The normalized spacial score (nSPS) is 10.3. The van der Waals surface area contributed by atoms with E-state index in [-0.39, 0.29) is 23.3 Å². The molecule has 1 aromatic carbocycles. The van der Waals surface area contributed by atoms with Crippen LogP contribution in [0.15, 0.2) is 30.6 Å². The summed E-state index contributed by atoms with van der Waals surface area (Å²) in [6, 6.07) is 6.18. The minimum Gasteiger partial charge on any atom is -0.349 e. The van der Waals surface area contributed by atoms with Crippen LogP contribution in [0.4, 0.5) is 15.9 Å². The molecular weight excluding hydrogens is 287 g/mol. The smallest absolute Gasteiger partial charge is 0.348 e. The zero-order chi connectivity index (χ0) is 14.7. The van der Waals surface area contributed by atoms with Crippen molar-refractivity contribution in [2.75, 3.05) is 11.9 Å². The van der Waals surface area contributed by atoms with Gasteiger partial charge in [-0.05, 0) is 6.07 Å². The number of anilines is 1. The lowest BCUT2D eigenvalue weighted by Crippen LogP contribution is -2.20. The van der Waals surface area contributed by atoms with E-state index in [0.717, 1.165) is 6.33 Å². The molecule has 0 aliphatic carbocycles. The highest BCUT2D eigenvalue weighted by Gasteiger charge is 2.24. The maximum Gasteiger partial charge on any atom is 0.348 e. The molecule has 104 valence electrons. The number of hydrogen-bond acceptors (Lipinski definition) is 5. The lowest BCUT2D eigenvalue weighted by atomic mass is 10.2. The molecule has 0 radical (unpaired) electrons. The molecule has 20 heavy (non-hydrogen) atoms. The zero-order valence-electron chi connectivity index (χ0n) is 10.5. The van der Waals surface area contributed by atoms with E-state index in [4.69, 9.17) is 11.6 Å². The van der Waals surface area contributed by atoms with E-state index in [2.05, 4.69) is 9.97 Å². The summed E-state index contributed by atoms with van der Waals surface area (Å²) in [5.74, 6) is -0.347. The minimum atomic E-state index is -0.657.